The number of nitrogens with zero attached hydrogens (tertiary/aromatic N) is 3. The van der Waals surface area contributed by atoms with Crippen LogP contribution in [0.4, 0.5) is 0 Å². The predicted molar refractivity (Wildman–Crippen MR) is 89.1 cm³/mol. The number of imidazole rings is 1. The second-order valence-electron chi connectivity index (χ2n) is 6.13. The topological polar surface area (TPSA) is 30.2 Å². The van der Waals surface area contributed by atoms with E-state index in [2.05, 4.69) is 52.8 Å². The minimum absolute atomic E-state index is 0.625. The van der Waals surface area contributed by atoms with E-state index in [4.69, 9.17) is 10.1 Å². The van der Waals surface area contributed by atoms with Gasteiger partial charge in [0, 0.05) is 12.0 Å². The van der Waals surface area contributed by atoms with E-state index < -0.39 is 0 Å². The summed E-state index contributed by atoms with van der Waals surface area (Å²) in [6, 6.07) is 6.52. The molecule has 0 atom stereocenters. The van der Waals surface area contributed by atoms with Crippen molar-refractivity contribution in [2.45, 2.75) is 41.0 Å². The van der Waals surface area contributed by atoms with Crippen LogP contribution in [0.2, 0.25) is 0 Å². The zero-order chi connectivity index (χ0) is 15.1. The molecule has 3 rings (SSSR count). The van der Waals surface area contributed by atoms with Gasteiger partial charge in [0.05, 0.1) is 11.4 Å². The maximum Gasteiger partial charge on any atom is 0.212 e. The lowest BCUT2D eigenvalue weighted by molar-refractivity contribution is 0.636. The van der Waals surface area contributed by atoms with Gasteiger partial charge in [-0.25, -0.2) is 9.50 Å². The minimum Gasteiger partial charge on any atom is -0.217 e. The van der Waals surface area contributed by atoms with E-state index in [-0.39, 0.29) is 0 Å². The molecule has 0 bridgehead atoms. The summed E-state index contributed by atoms with van der Waals surface area (Å²) in [7, 11) is 0. The third kappa shape index (κ3) is 2.60. The summed E-state index contributed by atoms with van der Waals surface area (Å²) in [5, 5.41) is 5.88. The summed E-state index contributed by atoms with van der Waals surface area (Å²) in [6.45, 7) is 10.8. The number of rotatable bonds is 3. The van der Waals surface area contributed by atoms with Crippen LogP contribution in [0.1, 0.15) is 35.7 Å². The number of aromatic nitrogens is 3. The zero-order valence-corrected chi connectivity index (χ0v) is 14.1. The van der Waals surface area contributed by atoms with Gasteiger partial charge in [0.15, 0.2) is 0 Å². The summed E-state index contributed by atoms with van der Waals surface area (Å²) >= 11 is 1.70. The van der Waals surface area contributed by atoms with Crippen molar-refractivity contribution in [3.8, 4) is 11.3 Å². The van der Waals surface area contributed by atoms with Gasteiger partial charge in [-0.3, -0.25) is 0 Å². The van der Waals surface area contributed by atoms with E-state index in [1.807, 2.05) is 4.52 Å². The molecule has 0 aliphatic heterocycles. The van der Waals surface area contributed by atoms with Gasteiger partial charge in [-0.05, 0) is 43.9 Å². The van der Waals surface area contributed by atoms with E-state index in [0.717, 1.165) is 22.8 Å². The molecule has 2 aromatic heterocycles. The van der Waals surface area contributed by atoms with Crippen molar-refractivity contribution in [1.82, 2.24) is 14.6 Å². The lowest BCUT2D eigenvalue weighted by atomic mass is 10.0. The highest BCUT2D eigenvalue weighted by molar-refractivity contribution is 7.16. The highest BCUT2D eigenvalue weighted by Crippen LogP contribution is 2.28. The van der Waals surface area contributed by atoms with Crippen molar-refractivity contribution in [2.75, 3.05) is 0 Å². The van der Waals surface area contributed by atoms with Crippen LogP contribution < -0.4 is 0 Å². The summed E-state index contributed by atoms with van der Waals surface area (Å²) in [4.78, 5) is 5.80. The molecule has 0 amide bonds. The molecule has 0 aliphatic rings. The lowest BCUT2D eigenvalue weighted by Crippen LogP contribution is -1.96. The van der Waals surface area contributed by atoms with Gasteiger partial charge >= 0.3 is 0 Å². The average molecular weight is 299 g/mol. The molecule has 3 aromatic rings. The molecule has 0 spiro atoms. The van der Waals surface area contributed by atoms with Gasteiger partial charge in [0.2, 0.25) is 4.96 Å². The van der Waals surface area contributed by atoms with Crippen molar-refractivity contribution < 1.29 is 0 Å². The molecule has 0 fully saturated rings. The van der Waals surface area contributed by atoms with Crippen molar-refractivity contribution in [1.29, 1.82) is 0 Å². The van der Waals surface area contributed by atoms with Crippen LogP contribution in [0.15, 0.2) is 18.2 Å². The first kappa shape index (κ1) is 14.3. The van der Waals surface area contributed by atoms with Crippen LogP contribution in [-0.4, -0.2) is 14.6 Å². The summed E-state index contributed by atoms with van der Waals surface area (Å²) in [6.07, 6.45) is 1.02. The van der Waals surface area contributed by atoms with Crippen LogP contribution in [-0.2, 0) is 6.42 Å². The number of fused-ring (bicyclic) bond motifs is 1. The highest BCUT2D eigenvalue weighted by Gasteiger charge is 2.15. The van der Waals surface area contributed by atoms with Gasteiger partial charge in [0.25, 0.3) is 0 Å². The Hall–Kier alpha value is -1.68. The summed E-state index contributed by atoms with van der Waals surface area (Å²) in [5.41, 5.74) is 5.97. The standard InChI is InChI=1S/C17H21N3S/c1-10(2)8-15-19-20-13(5)16(18-17(20)21-15)14-7-6-11(3)12(4)9-14/h6-7,9-10H,8H2,1-5H3. The van der Waals surface area contributed by atoms with E-state index in [1.54, 1.807) is 11.3 Å². The van der Waals surface area contributed by atoms with Gasteiger partial charge in [0.1, 0.15) is 5.01 Å². The smallest absolute Gasteiger partial charge is 0.212 e. The number of hydrogen-bond donors (Lipinski definition) is 0. The fourth-order valence-corrected chi connectivity index (χ4v) is 3.63. The quantitative estimate of drug-likeness (QED) is 0.708. The van der Waals surface area contributed by atoms with Crippen LogP contribution in [0.3, 0.4) is 0 Å². The summed E-state index contributed by atoms with van der Waals surface area (Å²) < 4.78 is 1.99. The molecule has 0 N–H and O–H groups in total. The third-order valence-corrected chi connectivity index (χ3v) is 4.76. The molecule has 4 heteroatoms. The Morgan fingerprint density at radius 2 is 1.90 bits per heavy atom. The molecule has 0 aliphatic carbocycles. The van der Waals surface area contributed by atoms with Gasteiger partial charge in [-0.2, -0.15) is 5.10 Å². The molecule has 3 nitrogen and oxygen atoms in total. The van der Waals surface area contributed by atoms with Gasteiger partial charge in [-0.1, -0.05) is 37.3 Å². The Kier molecular flexibility index (Phi) is 3.57. The molecule has 0 radical (unpaired) electrons. The van der Waals surface area contributed by atoms with Crippen molar-refractivity contribution in [3.05, 3.63) is 40.0 Å². The Morgan fingerprint density at radius 3 is 2.52 bits per heavy atom. The second-order valence-corrected chi connectivity index (χ2v) is 7.17. The van der Waals surface area contributed by atoms with E-state index in [9.17, 15) is 0 Å². The molecule has 0 saturated heterocycles. The number of benzene rings is 1. The fourth-order valence-electron chi connectivity index (χ4n) is 2.48. The average Bonchev–Trinajstić information content (AvgIpc) is 2.92. The summed E-state index contributed by atoms with van der Waals surface area (Å²) in [5.74, 6) is 0.625. The maximum absolute atomic E-state index is 4.80. The highest BCUT2D eigenvalue weighted by atomic mass is 32.1. The van der Waals surface area contributed by atoms with Crippen LogP contribution in [0.5, 0.6) is 0 Å². The van der Waals surface area contributed by atoms with Crippen LogP contribution >= 0.6 is 11.3 Å². The molecular weight excluding hydrogens is 278 g/mol. The molecule has 2 heterocycles. The number of aryl methyl sites for hydroxylation is 3. The fraction of sp³-hybridized carbons (Fsp3) is 0.412. The Bertz CT molecular complexity index is 796. The molecule has 0 saturated carbocycles. The monoisotopic (exact) mass is 299 g/mol. The minimum atomic E-state index is 0.625. The molecular formula is C17H21N3S. The molecule has 110 valence electrons. The molecule has 0 unspecified atom stereocenters. The SMILES string of the molecule is Cc1ccc(-c2nc3sc(CC(C)C)nn3c2C)cc1C. The van der Waals surface area contributed by atoms with Crippen LogP contribution in [0.25, 0.3) is 16.2 Å². The second kappa shape index (κ2) is 5.26. The first-order valence-electron chi connectivity index (χ1n) is 7.38. The third-order valence-electron chi connectivity index (χ3n) is 3.83. The van der Waals surface area contributed by atoms with Crippen molar-refractivity contribution in [3.63, 3.8) is 0 Å². The van der Waals surface area contributed by atoms with Crippen molar-refractivity contribution >= 4 is 16.3 Å². The first-order chi connectivity index (χ1) is 9.95. The van der Waals surface area contributed by atoms with E-state index >= 15 is 0 Å². The van der Waals surface area contributed by atoms with Crippen molar-refractivity contribution in [2.24, 2.45) is 5.92 Å². The first-order valence-corrected chi connectivity index (χ1v) is 8.20. The Morgan fingerprint density at radius 1 is 1.14 bits per heavy atom. The largest absolute Gasteiger partial charge is 0.217 e. The molecule has 1 aromatic carbocycles. The Labute approximate surface area is 129 Å². The zero-order valence-electron chi connectivity index (χ0n) is 13.3. The Balaban J connectivity index is 2.05. The normalized spacial score (nSPS) is 11.7. The predicted octanol–water partition coefficient (Wildman–Crippen LogP) is 4.58. The van der Waals surface area contributed by atoms with E-state index in [0.29, 0.717) is 5.92 Å². The van der Waals surface area contributed by atoms with Gasteiger partial charge in [-0.15, -0.1) is 0 Å². The maximum atomic E-state index is 4.80. The molecule has 21 heavy (non-hydrogen) atoms. The van der Waals surface area contributed by atoms with Crippen LogP contribution in [0, 0.1) is 26.7 Å². The number of hydrogen-bond acceptors (Lipinski definition) is 3. The van der Waals surface area contributed by atoms with E-state index in [1.165, 1.54) is 21.7 Å². The lowest BCUT2D eigenvalue weighted by Gasteiger charge is -2.04. The van der Waals surface area contributed by atoms with Gasteiger partial charge < -0.3 is 0 Å².